The van der Waals surface area contributed by atoms with Crippen LogP contribution in [0.4, 0.5) is 13.2 Å². The first kappa shape index (κ1) is 18.4. The zero-order valence-corrected chi connectivity index (χ0v) is 13.7. The van der Waals surface area contributed by atoms with E-state index in [0.717, 1.165) is 5.56 Å². The van der Waals surface area contributed by atoms with E-state index in [1.54, 1.807) is 13.8 Å². The minimum Gasteiger partial charge on any atom is -0.362 e. The van der Waals surface area contributed by atoms with Gasteiger partial charge in [-0.25, -0.2) is 0 Å². The number of aliphatic hydroxyl groups is 1. The van der Waals surface area contributed by atoms with Gasteiger partial charge in [0, 0.05) is 18.6 Å². The number of hydrogen-bond acceptors (Lipinski definition) is 3. The van der Waals surface area contributed by atoms with Gasteiger partial charge in [0.15, 0.2) is 0 Å². The van der Waals surface area contributed by atoms with Crippen LogP contribution in [-0.4, -0.2) is 33.6 Å². The summed E-state index contributed by atoms with van der Waals surface area (Å²) in [7, 11) is 0. The van der Waals surface area contributed by atoms with Crippen molar-refractivity contribution in [2.75, 3.05) is 0 Å². The van der Waals surface area contributed by atoms with Crippen molar-refractivity contribution in [2.45, 2.75) is 51.4 Å². The number of carbonyl (C=O) groups is 1. The van der Waals surface area contributed by atoms with Crippen molar-refractivity contribution in [3.63, 3.8) is 0 Å². The number of alkyl halides is 3. The zero-order chi connectivity index (χ0) is 18.0. The Bertz CT molecular complexity index is 614. The second kappa shape index (κ2) is 6.93. The van der Waals surface area contributed by atoms with E-state index in [2.05, 4.69) is 5.10 Å². The van der Waals surface area contributed by atoms with E-state index in [1.807, 2.05) is 30.3 Å². The van der Waals surface area contributed by atoms with Gasteiger partial charge in [0.05, 0.1) is 0 Å². The summed E-state index contributed by atoms with van der Waals surface area (Å²) in [5.41, 5.74) is -2.06. The number of benzene rings is 1. The SMILES string of the molecule is CC(C)C1=NN(C(=O)CCCc2ccccc2)[C@](O)(C(F)(F)F)C1. The van der Waals surface area contributed by atoms with Crippen molar-refractivity contribution in [2.24, 2.45) is 11.0 Å². The maximum absolute atomic E-state index is 13.3. The molecule has 1 heterocycles. The van der Waals surface area contributed by atoms with E-state index in [-0.39, 0.29) is 23.1 Å². The second-order valence-corrected chi connectivity index (χ2v) is 6.28. The van der Waals surface area contributed by atoms with Crippen LogP contribution in [0.3, 0.4) is 0 Å². The molecule has 1 amide bonds. The van der Waals surface area contributed by atoms with Gasteiger partial charge in [0.1, 0.15) is 0 Å². The van der Waals surface area contributed by atoms with Crippen LogP contribution in [-0.2, 0) is 11.2 Å². The molecule has 0 radical (unpaired) electrons. The second-order valence-electron chi connectivity index (χ2n) is 6.28. The molecular formula is C17H21F3N2O2. The van der Waals surface area contributed by atoms with Crippen LogP contribution in [0.25, 0.3) is 0 Å². The normalized spacial score (nSPS) is 21.3. The third-order valence-corrected chi connectivity index (χ3v) is 4.06. The molecule has 0 unspecified atom stereocenters. The molecule has 0 spiro atoms. The Morgan fingerprint density at radius 3 is 2.50 bits per heavy atom. The van der Waals surface area contributed by atoms with E-state index in [1.165, 1.54) is 0 Å². The van der Waals surface area contributed by atoms with E-state index in [0.29, 0.717) is 12.8 Å². The van der Waals surface area contributed by atoms with Crippen LogP contribution >= 0.6 is 0 Å². The third-order valence-electron chi connectivity index (χ3n) is 4.06. The fourth-order valence-corrected chi connectivity index (χ4v) is 2.57. The summed E-state index contributed by atoms with van der Waals surface area (Å²) in [5.74, 6) is -1.10. The Kier molecular flexibility index (Phi) is 5.32. The zero-order valence-electron chi connectivity index (χ0n) is 13.7. The number of aryl methyl sites for hydroxylation is 1. The Labute approximate surface area is 139 Å². The molecule has 1 aliphatic rings. The van der Waals surface area contributed by atoms with Crippen LogP contribution < -0.4 is 0 Å². The molecule has 1 aromatic carbocycles. The lowest BCUT2D eigenvalue weighted by Gasteiger charge is -2.32. The molecule has 0 aliphatic carbocycles. The first-order chi connectivity index (χ1) is 11.1. The molecule has 4 nitrogen and oxygen atoms in total. The molecule has 1 aromatic rings. The molecule has 0 saturated carbocycles. The summed E-state index contributed by atoms with van der Waals surface area (Å²) < 4.78 is 39.8. The molecule has 2 rings (SSSR count). The first-order valence-electron chi connectivity index (χ1n) is 7.88. The number of hydrogen-bond donors (Lipinski definition) is 1. The van der Waals surface area contributed by atoms with Crippen LogP contribution in [0.5, 0.6) is 0 Å². The predicted octanol–water partition coefficient (Wildman–Crippen LogP) is 3.50. The van der Waals surface area contributed by atoms with Crippen molar-refractivity contribution in [3.05, 3.63) is 35.9 Å². The highest BCUT2D eigenvalue weighted by atomic mass is 19.4. The Balaban J connectivity index is 2.07. The fraction of sp³-hybridized carbons (Fsp3) is 0.529. The first-order valence-corrected chi connectivity index (χ1v) is 7.88. The van der Waals surface area contributed by atoms with Gasteiger partial charge in [-0.3, -0.25) is 4.79 Å². The van der Waals surface area contributed by atoms with Crippen LogP contribution in [0.2, 0.25) is 0 Å². The minimum atomic E-state index is -4.96. The molecule has 7 heteroatoms. The van der Waals surface area contributed by atoms with Gasteiger partial charge in [0.2, 0.25) is 5.91 Å². The molecule has 0 saturated heterocycles. The van der Waals surface area contributed by atoms with Crippen molar-refractivity contribution < 1.29 is 23.1 Å². The van der Waals surface area contributed by atoms with E-state index >= 15 is 0 Å². The maximum atomic E-state index is 13.3. The molecule has 132 valence electrons. The molecule has 1 aliphatic heterocycles. The smallest absolute Gasteiger partial charge is 0.362 e. The average Bonchev–Trinajstić information content (AvgIpc) is 2.87. The van der Waals surface area contributed by atoms with Crippen molar-refractivity contribution in [1.29, 1.82) is 0 Å². The third kappa shape index (κ3) is 3.77. The van der Waals surface area contributed by atoms with Gasteiger partial charge in [-0.2, -0.15) is 23.3 Å². The minimum absolute atomic E-state index is 0.109. The van der Waals surface area contributed by atoms with Crippen molar-refractivity contribution in [3.8, 4) is 0 Å². The van der Waals surface area contributed by atoms with Gasteiger partial charge in [-0.1, -0.05) is 44.2 Å². The standard InChI is InChI=1S/C17H21F3N2O2/c1-12(2)14-11-16(24,17(18,19)20)22(21-14)15(23)10-6-9-13-7-4-3-5-8-13/h3-5,7-8,12,24H,6,9-11H2,1-2H3/t16-/m1/s1. The molecule has 0 aromatic heterocycles. The highest BCUT2D eigenvalue weighted by molar-refractivity contribution is 5.92. The van der Waals surface area contributed by atoms with Crippen molar-refractivity contribution in [1.82, 2.24) is 5.01 Å². The van der Waals surface area contributed by atoms with Crippen LogP contribution in [0, 0.1) is 5.92 Å². The maximum Gasteiger partial charge on any atom is 0.438 e. The number of rotatable bonds is 5. The lowest BCUT2D eigenvalue weighted by atomic mass is 9.99. The Hall–Kier alpha value is -1.89. The molecule has 0 bridgehead atoms. The number of halogens is 3. The lowest BCUT2D eigenvalue weighted by Crippen LogP contribution is -2.56. The molecular weight excluding hydrogens is 321 g/mol. The van der Waals surface area contributed by atoms with Gasteiger partial charge >= 0.3 is 6.18 Å². The van der Waals surface area contributed by atoms with Gasteiger partial charge in [-0.05, 0) is 24.3 Å². The number of amides is 1. The van der Waals surface area contributed by atoms with Gasteiger partial charge in [0.25, 0.3) is 5.72 Å². The predicted molar refractivity (Wildman–Crippen MR) is 84.1 cm³/mol. The van der Waals surface area contributed by atoms with E-state index in [9.17, 15) is 23.1 Å². The highest BCUT2D eigenvalue weighted by Crippen LogP contribution is 2.41. The van der Waals surface area contributed by atoms with Gasteiger partial charge in [-0.15, -0.1) is 0 Å². The molecule has 24 heavy (non-hydrogen) atoms. The molecule has 1 N–H and O–H groups in total. The monoisotopic (exact) mass is 342 g/mol. The number of nitrogens with zero attached hydrogens (tertiary/aromatic N) is 2. The lowest BCUT2D eigenvalue weighted by molar-refractivity contribution is -0.302. The van der Waals surface area contributed by atoms with Crippen LogP contribution in [0.15, 0.2) is 35.4 Å². The average molecular weight is 342 g/mol. The summed E-state index contributed by atoms with van der Waals surface area (Å²) in [6.07, 6.45) is -4.80. The quantitative estimate of drug-likeness (QED) is 0.890. The summed E-state index contributed by atoms with van der Waals surface area (Å²) in [5, 5.41) is 14.1. The summed E-state index contributed by atoms with van der Waals surface area (Å²) in [6.45, 7) is 3.36. The largest absolute Gasteiger partial charge is 0.438 e. The van der Waals surface area contributed by atoms with Gasteiger partial charge < -0.3 is 5.11 Å². The topological polar surface area (TPSA) is 52.9 Å². The molecule has 1 atom stereocenters. The Morgan fingerprint density at radius 2 is 1.96 bits per heavy atom. The highest BCUT2D eigenvalue weighted by Gasteiger charge is 2.63. The van der Waals surface area contributed by atoms with E-state index < -0.39 is 24.2 Å². The summed E-state index contributed by atoms with van der Waals surface area (Å²) in [4.78, 5) is 12.2. The van der Waals surface area contributed by atoms with E-state index in [4.69, 9.17) is 0 Å². The summed E-state index contributed by atoms with van der Waals surface area (Å²) >= 11 is 0. The molecule has 0 fully saturated rings. The Morgan fingerprint density at radius 1 is 1.33 bits per heavy atom. The van der Waals surface area contributed by atoms with Crippen molar-refractivity contribution >= 4 is 11.6 Å². The summed E-state index contributed by atoms with van der Waals surface area (Å²) in [6, 6.07) is 9.37. The number of hydrazone groups is 1. The fourth-order valence-electron chi connectivity index (χ4n) is 2.57. The number of carbonyl (C=O) groups excluding carboxylic acids is 1. The van der Waals surface area contributed by atoms with Crippen LogP contribution in [0.1, 0.15) is 38.7 Å².